The number of benzene rings is 1. The summed E-state index contributed by atoms with van der Waals surface area (Å²) >= 11 is 0. The van der Waals surface area contributed by atoms with Crippen LogP contribution >= 0.6 is 8.38 Å². The molecule has 6 nitrogen and oxygen atoms in total. The second-order valence-electron chi connectivity index (χ2n) is 6.98. The van der Waals surface area contributed by atoms with Crippen molar-refractivity contribution in [1.82, 2.24) is 9.97 Å². The van der Waals surface area contributed by atoms with Gasteiger partial charge in [0.2, 0.25) is 0 Å². The van der Waals surface area contributed by atoms with Crippen molar-refractivity contribution in [2.24, 2.45) is 5.92 Å². The van der Waals surface area contributed by atoms with Crippen molar-refractivity contribution >= 4 is 25.1 Å². The summed E-state index contributed by atoms with van der Waals surface area (Å²) in [6, 6.07) is 2.84. The lowest BCUT2D eigenvalue weighted by atomic mass is 9.94. The van der Waals surface area contributed by atoms with E-state index < -0.39 is 8.38 Å². The van der Waals surface area contributed by atoms with Crippen LogP contribution < -0.4 is 9.64 Å². The smallest absolute Gasteiger partial charge is 0.164 e. The molecule has 0 aliphatic carbocycles. The number of halogens is 1. The van der Waals surface area contributed by atoms with Gasteiger partial charge < -0.3 is 19.4 Å². The average Bonchev–Trinajstić information content (AvgIpc) is 2.59. The molecule has 3 rings (SSSR count). The molecular weight excluding hydrogens is 356 g/mol. The first kappa shape index (κ1) is 19.2. The van der Waals surface area contributed by atoms with Crippen molar-refractivity contribution in [3.05, 3.63) is 24.3 Å². The van der Waals surface area contributed by atoms with Gasteiger partial charge >= 0.3 is 0 Å². The number of fused-ring (bicyclic) bond motifs is 1. The van der Waals surface area contributed by atoms with E-state index in [1.807, 2.05) is 13.8 Å². The minimum Gasteiger partial charge on any atom is -0.489 e. The third-order valence-corrected chi connectivity index (χ3v) is 5.32. The highest BCUT2D eigenvalue weighted by atomic mass is 31.2. The van der Waals surface area contributed by atoms with E-state index in [0.29, 0.717) is 28.7 Å². The number of hydrogen-bond acceptors (Lipinski definition) is 6. The van der Waals surface area contributed by atoms with Gasteiger partial charge in [0, 0.05) is 30.7 Å². The molecular formula is C18H25FN3O3P. The van der Waals surface area contributed by atoms with Gasteiger partial charge in [-0.05, 0) is 45.1 Å². The third-order valence-electron chi connectivity index (χ3n) is 4.66. The van der Waals surface area contributed by atoms with Crippen LogP contribution in [0.2, 0.25) is 0 Å². The van der Waals surface area contributed by atoms with Crippen molar-refractivity contribution in [2.75, 3.05) is 24.2 Å². The van der Waals surface area contributed by atoms with Gasteiger partial charge in [0.1, 0.15) is 29.2 Å². The van der Waals surface area contributed by atoms with Crippen molar-refractivity contribution in [3.8, 4) is 5.75 Å². The Hall–Kier alpha value is -1.56. The average molecular weight is 381 g/mol. The molecule has 1 aliphatic heterocycles. The van der Waals surface area contributed by atoms with Crippen LogP contribution in [-0.4, -0.2) is 45.1 Å². The van der Waals surface area contributed by atoms with Crippen LogP contribution in [0.15, 0.2) is 18.5 Å². The highest BCUT2D eigenvalue weighted by Crippen LogP contribution is 2.34. The molecule has 0 amide bonds. The first-order chi connectivity index (χ1) is 12.4. The van der Waals surface area contributed by atoms with Crippen LogP contribution in [0.4, 0.5) is 10.2 Å². The van der Waals surface area contributed by atoms with Gasteiger partial charge in [0.05, 0.1) is 6.10 Å². The fraction of sp³-hybridized carbons (Fsp3) is 0.556. The SMILES string of the molecule is CC(C)Oc1cc(F)cc2c(N3CCC(CCP(O)O)CC3)ncnc12. The molecule has 0 radical (unpaired) electrons. The Bertz CT molecular complexity index is 752. The first-order valence-electron chi connectivity index (χ1n) is 8.95. The minimum absolute atomic E-state index is 0.0716. The van der Waals surface area contributed by atoms with Crippen molar-refractivity contribution in [2.45, 2.75) is 39.2 Å². The fourth-order valence-electron chi connectivity index (χ4n) is 3.42. The van der Waals surface area contributed by atoms with Crippen LogP contribution in [0, 0.1) is 11.7 Å². The number of hydrogen-bond donors (Lipinski definition) is 2. The van der Waals surface area contributed by atoms with Gasteiger partial charge in [-0.15, -0.1) is 0 Å². The quantitative estimate of drug-likeness (QED) is 0.746. The molecule has 0 saturated carbocycles. The minimum atomic E-state index is -1.81. The summed E-state index contributed by atoms with van der Waals surface area (Å²) in [5.41, 5.74) is 0.624. The van der Waals surface area contributed by atoms with Crippen LogP contribution in [0.25, 0.3) is 10.9 Å². The molecule has 1 aromatic heterocycles. The summed E-state index contributed by atoms with van der Waals surface area (Å²) in [5.74, 6) is 1.29. The Morgan fingerprint density at radius 2 is 2.00 bits per heavy atom. The molecule has 0 unspecified atom stereocenters. The molecule has 0 bridgehead atoms. The molecule has 2 aromatic rings. The monoisotopic (exact) mass is 381 g/mol. The van der Waals surface area contributed by atoms with Crippen molar-refractivity contribution in [3.63, 3.8) is 0 Å². The van der Waals surface area contributed by atoms with E-state index in [9.17, 15) is 4.39 Å². The second-order valence-corrected chi connectivity index (χ2v) is 8.17. The molecule has 142 valence electrons. The standard InChI is InChI=1S/C18H25FN3O3P/c1-12(2)25-16-10-14(19)9-15-17(16)20-11-21-18(15)22-6-3-13(4-7-22)5-8-26(23)24/h9-13,23-24H,3-8H2,1-2H3. The molecule has 26 heavy (non-hydrogen) atoms. The summed E-state index contributed by atoms with van der Waals surface area (Å²) in [5, 5.41) is 0.663. The van der Waals surface area contributed by atoms with Crippen LogP contribution in [0.5, 0.6) is 5.75 Å². The maximum absolute atomic E-state index is 14.1. The lowest BCUT2D eigenvalue weighted by Crippen LogP contribution is -2.34. The van der Waals surface area contributed by atoms with Gasteiger partial charge in [-0.25, -0.2) is 14.4 Å². The van der Waals surface area contributed by atoms with Crippen molar-refractivity contribution in [1.29, 1.82) is 0 Å². The van der Waals surface area contributed by atoms with E-state index in [2.05, 4.69) is 14.9 Å². The Kier molecular flexibility index (Phi) is 6.22. The van der Waals surface area contributed by atoms with Crippen LogP contribution in [0.3, 0.4) is 0 Å². The molecule has 1 aliphatic rings. The van der Waals surface area contributed by atoms with Crippen LogP contribution in [0.1, 0.15) is 33.1 Å². The lowest BCUT2D eigenvalue weighted by Gasteiger charge is -2.33. The molecule has 1 fully saturated rings. The van der Waals surface area contributed by atoms with Gasteiger partial charge in [-0.2, -0.15) is 0 Å². The summed E-state index contributed by atoms with van der Waals surface area (Å²) in [6.45, 7) is 5.41. The zero-order valence-corrected chi connectivity index (χ0v) is 16.0. The topological polar surface area (TPSA) is 78.7 Å². The number of ether oxygens (including phenoxy) is 1. The number of rotatable bonds is 6. The highest BCUT2D eigenvalue weighted by Gasteiger charge is 2.23. The maximum Gasteiger partial charge on any atom is 0.164 e. The van der Waals surface area contributed by atoms with E-state index >= 15 is 0 Å². The van der Waals surface area contributed by atoms with E-state index in [1.54, 1.807) is 0 Å². The zero-order chi connectivity index (χ0) is 18.7. The summed E-state index contributed by atoms with van der Waals surface area (Å²) in [4.78, 5) is 29.1. The Balaban J connectivity index is 1.82. The predicted octanol–water partition coefficient (Wildman–Crippen LogP) is 3.46. The fourth-order valence-corrected chi connectivity index (χ4v) is 4.01. The summed E-state index contributed by atoms with van der Waals surface area (Å²) in [6.07, 6.45) is 4.64. The molecule has 0 spiro atoms. The number of nitrogens with zero attached hydrogens (tertiary/aromatic N) is 3. The Labute approximate surface area is 153 Å². The van der Waals surface area contributed by atoms with Gasteiger partial charge in [-0.1, -0.05) is 0 Å². The number of aromatic nitrogens is 2. The molecule has 0 atom stereocenters. The van der Waals surface area contributed by atoms with E-state index in [-0.39, 0.29) is 11.9 Å². The zero-order valence-electron chi connectivity index (χ0n) is 15.1. The summed E-state index contributed by atoms with van der Waals surface area (Å²) in [7, 11) is -1.81. The Morgan fingerprint density at radius 1 is 1.27 bits per heavy atom. The van der Waals surface area contributed by atoms with Gasteiger partial charge in [0.25, 0.3) is 0 Å². The number of piperidine rings is 1. The third kappa shape index (κ3) is 4.58. The largest absolute Gasteiger partial charge is 0.489 e. The van der Waals surface area contributed by atoms with E-state index in [4.69, 9.17) is 14.5 Å². The normalized spacial score (nSPS) is 16.0. The van der Waals surface area contributed by atoms with Crippen molar-refractivity contribution < 1.29 is 18.9 Å². The molecule has 2 N–H and O–H groups in total. The van der Waals surface area contributed by atoms with Gasteiger partial charge in [0.15, 0.2) is 8.38 Å². The molecule has 1 aromatic carbocycles. The molecule has 8 heteroatoms. The first-order valence-corrected chi connectivity index (χ1v) is 10.4. The number of anilines is 1. The molecule has 2 heterocycles. The van der Waals surface area contributed by atoms with E-state index in [0.717, 1.165) is 38.2 Å². The Morgan fingerprint density at radius 3 is 2.65 bits per heavy atom. The maximum atomic E-state index is 14.1. The van der Waals surface area contributed by atoms with E-state index in [1.165, 1.54) is 18.5 Å². The summed E-state index contributed by atoms with van der Waals surface area (Å²) < 4.78 is 19.9. The van der Waals surface area contributed by atoms with Crippen LogP contribution in [-0.2, 0) is 0 Å². The molecule has 1 saturated heterocycles. The van der Waals surface area contributed by atoms with Gasteiger partial charge in [-0.3, -0.25) is 0 Å². The lowest BCUT2D eigenvalue weighted by molar-refractivity contribution is 0.244. The highest BCUT2D eigenvalue weighted by molar-refractivity contribution is 7.45. The predicted molar refractivity (Wildman–Crippen MR) is 101 cm³/mol. The second kappa shape index (κ2) is 8.42.